The summed E-state index contributed by atoms with van der Waals surface area (Å²) in [5.74, 6) is -0.319. The standard InChI is InChI=1S/C15H21F3N4O.HI/c1-11-4-6-12(7-5-11)8-20-14(19-2)21-9-13(23)22(3)10-15(16,17)18;/h4-7H,8-10H2,1-3H3,(H2,19,20,21);1H. The molecule has 0 heterocycles. The molecule has 0 radical (unpaired) electrons. The van der Waals surface area contributed by atoms with Gasteiger partial charge in [0.25, 0.3) is 0 Å². The third-order valence-electron chi connectivity index (χ3n) is 3.05. The number of aryl methyl sites for hydroxylation is 1. The first kappa shape index (κ1) is 22.5. The fraction of sp³-hybridized carbons (Fsp3) is 0.467. The molecule has 0 fully saturated rings. The van der Waals surface area contributed by atoms with E-state index in [-0.39, 0.29) is 30.5 Å². The van der Waals surface area contributed by atoms with Gasteiger partial charge in [-0.1, -0.05) is 29.8 Å². The molecule has 136 valence electrons. The molecule has 1 amide bonds. The quantitative estimate of drug-likeness (QED) is 0.405. The summed E-state index contributed by atoms with van der Waals surface area (Å²) in [7, 11) is 2.63. The summed E-state index contributed by atoms with van der Waals surface area (Å²) in [5, 5.41) is 5.69. The SMILES string of the molecule is CN=C(NCC(=O)N(C)CC(F)(F)F)NCc1ccc(C)cc1.I. The first-order valence-electron chi connectivity index (χ1n) is 7.02. The van der Waals surface area contributed by atoms with Crippen molar-refractivity contribution in [3.05, 3.63) is 35.4 Å². The second-order valence-electron chi connectivity index (χ2n) is 5.13. The second-order valence-corrected chi connectivity index (χ2v) is 5.13. The van der Waals surface area contributed by atoms with Crippen LogP contribution < -0.4 is 10.6 Å². The van der Waals surface area contributed by atoms with E-state index in [2.05, 4.69) is 15.6 Å². The topological polar surface area (TPSA) is 56.7 Å². The maximum atomic E-state index is 12.2. The van der Waals surface area contributed by atoms with Crippen molar-refractivity contribution in [1.82, 2.24) is 15.5 Å². The number of halogens is 4. The zero-order valence-corrected chi connectivity index (χ0v) is 16.1. The second kappa shape index (κ2) is 10.4. The lowest BCUT2D eigenvalue weighted by Gasteiger charge is -2.20. The van der Waals surface area contributed by atoms with E-state index in [0.29, 0.717) is 17.4 Å². The van der Waals surface area contributed by atoms with Crippen LogP contribution in [0.2, 0.25) is 0 Å². The van der Waals surface area contributed by atoms with Gasteiger partial charge >= 0.3 is 6.18 Å². The average molecular weight is 458 g/mol. The van der Waals surface area contributed by atoms with E-state index >= 15 is 0 Å². The largest absolute Gasteiger partial charge is 0.406 e. The minimum Gasteiger partial charge on any atom is -0.352 e. The van der Waals surface area contributed by atoms with Crippen molar-refractivity contribution in [3.8, 4) is 0 Å². The molecule has 24 heavy (non-hydrogen) atoms. The number of hydrogen-bond acceptors (Lipinski definition) is 2. The normalized spacial score (nSPS) is 11.5. The lowest BCUT2D eigenvalue weighted by Crippen LogP contribution is -2.45. The van der Waals surface area contributed by atoms with Crippen LogP contribution in [0, 0.1) is 6.92 Å². The Balaban J connectivity index is 0.00000529. The Morgan fingerprint density at radius 1 is 1.21 bits per heavy atom. The number of alkyl halides is 3. The van der Waals surface area contributed by atoms with E-state index in [9.17, 15) is 18.0 Å². The molecular weight excluding hydrogens is 436 g/mol. The summed E-state index contributed by atoms with van der Waals surface area (Å²) in [6.45, 7) is 0.941. The maximum absolute atomic E-state index is 12.2. The highest BCUT2D eigenvalue weighted by Crippen LogP contribution is 2.15. The molecule has 0 saturated carbocycles. The summed E-state index contributed by atoms with van der Waals surface area (Å²) in [5.41, 5.74) is 2.17. The Morgan fingerprint density at radius 2 is 1.79 bits per heavy atom. The Labute approximate surface area is 156 Å². The Hall–Kier alpha value is -1.52. The number of carbonyl (C=O) groups excluding carboxylic acids is 1. The molecule has 0 aliphatic heterocycles. The van der Waals surface area contributed by atoms with E-state index < -0.39 is 18.6 Å². The number of likely N-dealkylation sites (N-methyl/N-ethyl adjacent to an activating group) is 1. The molecule has 0 unspecified atom stereocenters. The minimum absolute atomic E-state index is 0. The summed E-state index contributed by atoms with van der Waals surface area (Å²) in [4.78, 5) is 16.2. The van der Waals surface area contributed by atoms with Crippen LogP contribution in [0.4, 0.5) is 13.2 Å². The van der Waals surface area contributed by atoms with Gasteiger partial charge in [-0.2, -0.15) is 13.2 Å². The van der Waals surface area contributed by atoms with E-state index in [1.165, 1.54) is 7.05 Å². The number of nitrogens with zero attached hydrogens (tertiary/aromatic N) is 2. The molecule has 0 aromatic heterocycles. The van der Waals surface area contributed by atoms with Gasteiger partial charge in [0.05, 0.1) is 6.54 Å². The van der Waals surface area contributed by atoms with Crippen molar-refractivity contribution in [1.29, 1.82) is 0 Å². The molecular formula is C15H22F3IN4O. The highest BCUT2D eigenvalue weighted by Gasteiger charge is 2.31. The van der Waals surface area contributed by atoms with E-state index in [0.717, 1.165) is 18.2 Å². The summed E-state index contributed by atoms with van der Waals surface area (Å²) >= 11 is 0. The maximum Gasteiger partial charge on any atom is 0.406 e. The number of aliphatic imine (C=N–C) groups is 1. The summed E-state index contributed by atoms with van der Waals surface area (Å²) in [6, 6.07) is 7.86. The molecule has 0 bridgehead atoms. The first-order chi connectivity index (χ1) is 10.7. The van der Waals surface area contributed by atoms with Crippen molar-refractivity contribution < 1.29 is 18.0 Å². The van der Waals surface area contributed by atoms with Crippen LogP contribution >= 0.6 is 24.0 Å². The van der Waals surface area contributed by atoms with Crippen LogP contribution in [0.5, 0.6) is 0 Å². The van der Waals surface area contributed by atoms with Crippen molar-refractivity contribution in [2.45, 2.75) is 19.6 Å². The molecule has 0 atom stereocenters. The zero-order chi connectivity index (χ0) is 17.5. The van der Waals surface area contributed by atoms with Crippen LogP contribution in [0.15, 0.2) is 29.3 Å². The third-order valence-corrected chi connectivity index (χ3v) is 3.05. The molecule has 2 N–H and O–H groups in total. The Bertz CT molecular complexity index is 547. The molecule has 1 aromatic carbocycles. The van der Waals surface area contributed by atoms with E-state index in [4.69, 9.17) is 0 Å². The van der Waals surface area contributed by atoms with Crippen molar-refractivity contribution in [2.24, 2.45) is 4.99 Å². The van der Waals surface area contributed by atoms with Crippen molar-refractivity contribution in [2.75, 3.05) is 27.2 Å². The molecule has 5 nitrogen and oxygen atoms in total. The monoisotopic (exact) mass is 458 g/mol. The van der Waals surface area contributed by atoms with Gasteiger partial charge in [-0.3, -0.25) is 9.79 Å². The fourth-order valence-electron chi connectivity index (χ4n) is 1.76. The molecule has 0 saturated heterocycles. The Kier molecular flexibility index (Phi) is 9.71. The highest BCUT2D eigenvalue weighted by atomic mass is 127. The van der Waals surface area contributed by atoms with Crippen LogP contribution in [-0.2, 0) is 11.3 Å². The van der Waals surface area contributed by atoms with Crippen LogP contribution in [0.1, 0.15) is 11.1 Å². The molecule has 0 aliphatic carbocycles. The predicted molar refractivity (Wildman–Crippen MR) is 98.5 cm³/mol. The van der Waals surface area contributed by atoms with Crippen LogP contribution in [-0.4, -0.2) is 50.1 Å². The van der Waals surface area contributed by atoms with Crippen molar-refractivity contribution in [3.63, 3.8) is 0 Å². The number of carbonyl (C=O) groups is 1. The molecule has 1 rings (SSSR count). The average Bonchev–Trinajstić information content (AvgIpc) is 2.47. The zero-order valence-electron chi connectivity index (χ0n) is 13.8. The number of nitrogens with one attached hydrogen (secondary N) is 2. The molecule has 0 spiro atoms. The van der Waals surface area contributed by atoms with Crippen LogP contribution in [0.3, 0.4) is 0 Å². The van der Waals surface area contributed by atoms with E-state index in [1.54, 1.807) is 0 Å². The number of hydrogen-bond donors (Lipinski definition) is 2. The summed E-state index contributed by atoms with van der Waals surface area (Å²) in [6.07, 6.45) is -4.41. The number of guanidine groups is 1. The van der Waals surface area contributed by atoms with Gasteiger partial charge in [0.15, 0.2) is 5.96 Å². The molecule has 9 heteroatoms. The van der Waals surface area contributed by atoms with Gasteiger partial charge in [-0.15, -0.1) is 24.0 Å². The minimum atomic E-state index is -4.41. The van der Waals surface area contributed by atoms with Gasteiger partial charge in [0, 0.05) is 20.6 Å². The number of rotatable bonds is 5. The highest BCUT2D eigenvalue weighted by molar-refractivity contribution is 14.0. The van der Waals surface area contributed by atoms with Gasteiger partial charge in [-0.05, 0) is 12.5 Å². The third kappa shape index (κ3) is 8.94. The number of amides is 1. The van der Waals surface area contributed by atoms with Crippen LogP contribution in [0.25, 0.3) is 0 Å². The number of benzene rings is 1. The summed E-state index contributed by atoms with van der Waals surface area (Å²) < 4.78 is 36.7. The molecule has 1 aromatic rings. The van der Waals surface area contributed by atoms with Gasteiger partial charge in [-0.25, -0.2) is 0 Å². The Morgan fingerprint density at radius 3 is 2.29 bits per heavy atom. The fourth-order valence-corrected chi connectivity index (χ4v) is 1.76. The predicted octanol–water partition coefficient (Wildman–Crippen LogP) is 2.30. The van der Waals surface area contributed by atoms with Gasteiger partial charge in [0.2, 0.25) is 5.91 Å². The first-order valence-corrected chi connectivity index (χ1v) is 7.02. The molecule has 0 aliphatic rings. The van der Waals surface area contributed by atoms with Crippen molar-refractivity contribution >= 4 is 35.8 Å². The lowest BCUT2D eigenvalue weighted by atomic mass is 10.1. The van der Waals surface area contributed by atoms with Gasteiger partial charge in [0.1, 0.15) is 6.54 Å². The van der Waals surface area contributed by atoms with E-state index in [1.807, 2.05) is 31.2 Å². The smallest absolute Gasteiger partial charge is 0.352 e. The van der Waals surface area contributed by atoms with Gasteiger partial charge < -0.3 is 15.5 Å². The lowest BCUT2D eigenvalue weighted by molar-refractivity contribution is -0.157.